The second-order valence-electron chi connectivity index (χ2n) is 7.24. The van der Waals surface area contributed by atoms with Crippen LogP contribution in [0.2, 0.25) is 0 Å². The van der Waals surface area contributed by atoms with Crippen molar-refractivity contribution in [3.63, 3.8) is 0 Å². The van der Waals surface area contributed by atoms with Crippen LogP contribution in [-0.4, -0.2) is 67.1 Å². The van der Waals surface area contributed by atoms with Crippen molar-refractivity contribution < 1.29 is 19.4 Å². The highest BCUT2D eigenvalue weighted by atomic mass is 16.5. The van der Waals surface area contributed by atoms with E-state index in [9.17, 15) is 9.90 Å². The fraction of sp³-hybridized carbons (Fsp3) is 0.571. The molecule has 3 N–H and O–H groups in total. The van der Waals surface area contributed by atoms with Gasteiger partial charge in [0.1, 0.15) is 19.3 Å². The van der Waals surface area contributed by atoms with Crippen molar-refractivity contribution >= 4 is 6.03 Å². The molecule has 1 saturated heterocycles. The summed E-state index contributed by atoms with van der Waals surface area (Å²) in [6.07, 6.45) is 8.61. The number of carbonyl (C=O) groups excluding carboxylic acids is 1. The van der Waals surface area contributed by atoms with Gasteiger partial charge in [0.25, 0.3) is 0 Å². The number of hydrogen-bond acceptors (Lipinski definition) is 5. The normalized spacial score (nSPS) is 23.0. The number of para-hydroxylation sites is 2. The van der Waals surface area contributed by atoms with Crippen LogP contribution < -0.4 is 20.1 Å². The Hall–Kier alpha value is -2.43. The number of rotatable bonds is 9. The average Bonchev–Trinajstić information content (AvgIpc) is 3.16. The quantitative estimate of drug-likeness (QED) is 0.558. The first-order valence-corrected chi connectivity index (χ1v) is 9.91. The first kappa shape index (κ1) is 20.3. The number of hydrogen-bond donors (Lipinski definition) is 3. The molecule has 1 unspecified atom stereocenters. The molecule has 0 bridgehead atoms. The lowest BCUT2D eigenvalue weighted by Gasteiger charge is -2.34. The van der Waals surface area contributed by atoms with E-state index in [1.165, 1.54) is 0 Å². The topological polar surface area (TPSA) is 83.1 Å². The second kappa shape index (κ2) is 10.2. The number of amides is 2. The summed E-state index contributed by atoms with van der Waals surface area (Å²) in [5, 5.41) is 16.5. The van der Waals surface area contributed by atoms with Gasteiger partial charge in [-0.2, -0.15) is 0 Å². The van der Waals surface area contributed by atoms with Gasteiger partial charge in [-0.05, 0) is 37.8 Å². The largest absolute Gasteiger partial charge is 0.487 e. The third-order valence-corrected chi connectivity index (χ3v) is 5.26. The summed E-state index contributed by atoms with van der Waals surface area (Å²) >= 11 is 0. The number of carbonyl (C=O) groups is 1. The first-order chi connectivity index (χ1) is 13.7. The molecule has 1 saturated carbocycles. The van der Waals surface area contributed by atoms with Crippen molar-refractivity contribution in [2.75, 3.05) is 32.8 Å². The van der Waals surface area contributed by atoms with Crippen molar-refractivity contribution in [3.8, 4) is 23.8 Å². The Balaban J connectivity index is 1.36. The van der Waals surface area contributed by atoms with Crippen molar-refractivity contribution in [1.82, 2.24) is 15.5 Å². The minimum atomic E-state index is -0.622. The summed E-state index contributed by atoms with van der Waals surface area (Å²) in [5.41, 5.74) is 0. The highest BCUT2D eigenvalue weighted by Crippen LogP contribution is 2.27. The highest BCUT2D eigenvalue weighted by molar-refractivity contribution is 5.76. The maximum Gasteiger partial charge on any atom is 0.317 e. The predicted molar refractivity (Wildman–Crippen MR) is 106 cm³/mol. The van der Waals surface area contributed by atoms with E-state index in [0.29, 0.717) is 30.1 Å². The van der Waals surface area contributed by atoms with Gasteiger partial charge >= 0.3 is 6.03 Å². The molecule has 0 radical (unpaired) electrons. The standard InChI is InChI=1S/C21H29N3O4/c1-2-13-27-19-5-3-4-6-20(19)28-15-18(25)14-23-16-7-9-17(10-8-16)24-12-11-22-21(24)26/h1,3-6,16-18,23,25H,7-15H2,(H,22,26). The van der Waals surface area contributed by atoms with Crippen molar-refractivity contribution in [2.24, 2.45) is 0 Å². The zero-order valence-electron chi connectivity index (χ0n) is 16.1. The molecule has 2 aliphatic rings. The van der Waals surface area contributed by atoms with Crippen molar-refractivity contribution in [3.05, 3.63) is 24.3 Å². The molecular formula is C21H29N3O4. The lowest BCUT2D eigenvalue weighted by Crippen LogP contribution is -2.45. The van der Waals surface area contributed by atoms with Gasteiger partial charge in [-0.15, -0.1) is 6.42 Å². The summed E-state index contributed by atoms with van der Waals surface area (Å²) < 4.78 is 11.1. The SMILES string of the molecule is C#CCOc1ccccc1OCC(O)CNC1CCC(N2CCNC2=O)CC1. The third kappa shape index (κ3) is 5.54. The van der Waals surface area contributed by atoms with Crippen LogP contribution in [0, 0.1) is 12.3 Å². The molecule has 28 heavy (non-hydrogen) atoms. The van der Waals surface area contributed by atoms with Gasteiger partial charge in [0.05, 0.1) is 0 Å². The summed E-state index contributed by atoms with van der Waals surface area (Å²) in [5.74, 6) is 3.57. The number of urea groups is 1. The Bertz CT molecular complexity index is 682. The second-order valence-corrected chi connectivity index (χ2v) is 7.24. The van der Waals surface area contributed by atoms with E-state index in [0.717, 1.165) is 38.8 Å². The molecule has 1 aromatic carbocycles. The zero-order chi connectivity index (χ0) is 19.8. The van der Waals surface area contributed by atoms with Crippen molar-refractivity contribution in [2.45, 2.75) is 43.9 Å². The Morgan fingerprint density at radius 2 is 1.96 bits per heavy atom. The van der Waals surface area contributed by atoms with E-state index in [1.54, 1.807) is 12.1 Å². The van der Waals surface area contributed by atoms with E-state index in [4.69, 9.17) is 15.9 Å². The number of ether oxygens (including phenoxy) is 2. The van der Waals surface area contributed by atoms with Crippen LogP contribution in [0.25, 0.3) is 0 Å². The molecular weight excluding hydrogens is 358 g/mol. The fourth-order valence-corrected chi connectivity index (χ4v) is 3.78. The average molecular weight is 387 g/mol. The lowest BCUT2D eigenvalue weighted by atomic mass is 9.90. The molecule has 1 aliphatic carbocycles. The maximum atomic E-state index is 11.8. The summed E-state index contributed by atoms with van der Waals surface area (Å²) in [7, 11) is 0. The van der Waals surface area contributed by atoms with Crippen LogP contribution in [0.3, 0.4) is 0 Å². The molecule has 1 aliphatic heterocycles. The Kier molecular flexibility index (Phi) is 7.40. The summed E-state index contributed by atoms with van der Waals surface area (Å²) in [6.45, 7) is 2.37. The number of aliphatic hydroxyl groups is 1. The highest BCUT2D eigenvalue weighted by Gasteiger charge is 2.31. The molecule has 0 aromatic heterocycles. The van der Waals surface area contributed by atoms with Gasteiger partial charge in [0.15, 0.2) is 11.5 Å². The smallest absolute Gasteiger partial charge is 0.317 e. The van der Waals surface area contributed by atoms with Gasteiger partial charge in [0.2, 0.25) is 0 Å². The predicted octanol–water partition coefficient (Wildman–Crippen LogP) is 1.36. The van der Waals surface area contributed by atoms with Crippen LogP contribution in [0.1, 0.15) is 25.7 Å². The molecule has 2 amide bonds. The summed E-state index contributed by atoms with van der Waals surface area (Å²) in [6, 6.07) is 8.05. The number of terminal acetylenes is 1. The van der Waals surface area contributed by atoms with Gasteiger partial charge < -0.3 is 30.1 Å². The number of nitrogens with zero attached hydrogens (tertiary/aromatic N) is 1. The van der Waals surface area contributed by atoms with E-state index < -0.39 is 6.10 Å². The monoisotopic (exact) mass is 387 g/mol. The van der Waals surface area contributed by atoms with Gasteiger partial charge in [0, 0.05) is 31.7 Å². The van der Waals surface area contributed by atoms with E-state index in [1.807, 2.05) is 17.0 Å². The molecule has 1 atom stereocenters. The molecule has 3 rings (SSSR count). The molecule has 1 aromatic rings. The fourth-order valence-electron chi connectivity index (χ4n) is 3.78. The third-order valence-electron chi connectivity index (χ3n) is 5.26. The number of aliphatic hydroxyl groups excluding tert-OH is 1. The Labute approximate surface area is 166 Å². The van der Waals surface area contributed by atoms with Crippen LogP contribution in [0.15, 0.2) is 24.3 Å². The molecule has 1 heterocycles. The Morgan fingerprint density at radius 1 is 1.25 bits per heavy atom. The molecule has 0 spiro atoms. The van der Waals surface area contributed by atoms with Crippen molar-refractivity contribution in [1.29, 1.82) is 0 Å². The molecule has 7 nitrogen and oxygen atoms in total. The van der Waals surface area contributed by atoms with Crippen LogP contribution >= 0.6 is 0 Å². The molecule has 2 fully saturated rings. The molecule has 7 heteroatoms. The summed E-state index contributed by atoms with van der Waals surface area (Å²) in [4.78, 5) is 13.7. The van der Waals surface area contributed by atoms with Crippen LogP contribution in [-0.2, 0) is 0 Å². The van der Waals surface area contributed by atoms with Crippen LogP contribution in [0.4, 0.5) is 4.79 Å². The van der Waals surface area contributed by atoms with Gasteiger partial charge in [-0.25, -0.2) is 4.79 Å². The van der Waals surface area contributed by atoms with E-state index in [-0.39, 0.29) is 19.2 Å². The first-order valence-electron chi connectivity index (χ1n) is 9.91. The zero-order valence-corrected chi connectivity index (χ0v) is 16.1. The van der Waals surface area contributed by atoms with E-state index in [2.05, 4.69) is 16.6 Å². The lowest BCUT2D eigenvalue weighted by molar-refractivity contribution is 0.0976. The number of benzene rings is 1. The molecule has 152 valence electrons. The van der Waals surface area contributed by atoms with E-state index >= 15 is 0 Å². The van der Waals surface area contributed by atoms with Gasteiger partial charge in [-0.1, -0.05) is 18.1 Å². The maximum absolute atomic E-state index is 11.8. The minimum Gasteiger partial charge on any atom is -0.487 e. The van der Waals surface area contributed by atoms with Gasteiger partial charge in [-0.3, -0.25) is 0 Å². The Morgan fingerprint density at radius 3 is 2.61 bits per heavy atom. The minimum absolute atomic E-state index is 0.0653. The number of nitrogens with one attached hydrogen (secondary N) is 2. The van der Waals surface area contributed by atoms with Crippen LogP contribution in [0.5, 0.6) is 11.5 Å².